The summed E-state index contributed by atoms with van der Waals surface area (Å²) in [5.41, 5.74) is 0.107. The van der Waals surface area contributed by atoms with Crippen molar-refractivity contribution in [2.45, 2.75) is 90.1 Å². The molecule has 6 atom stereocenters. The summed E-state index contributed by atoms with van der Waals surface area (Å²) in [6.45, 7) is 5.56. The van der Waals surface area contributed by atoms with E-state index in [1.807, 2.05) is 20.8 Å². The van der Waals surface area contributed by atoms with Crippen LogP contribution in [0.3, 0.4) is 0 Å². The minimum atomic E-state index is -3.24. The Morgan fingerprint density at radius 3 is 2.60 bits per heavy atom. The Kier molecular flexibility index (Phi) is 9.77. The van der Waals surface area contributed by atoms with Crippen LogP contribution in [0.4, 0.5) is 0 Å². The summed E-state index contributed by atoms with van der Waals surface area (Å²) in [4.78, 5) is 58.8. The average molecular weight is 510 g/mol. The van der Waals surface area contributed by atoms with Gasteiger partial charge in [0.2, 0.25) is 11.8 Å². The first-order valence-electron chi connectivity index (χ1n) is 12.3. The zero-order valence-electron chi connectivity index (χ0n) is 20.5. The summed E-state index contributed by atoms with van der Waals surface area (Å²) in [6.07, 6.45) is 8.56. The molecule has 1 aliphatic carbocycles. The van der Waals surface area contributed by atoms with Gasteiger partial charge in [-0.15, -0.1) is 0 Å². The van der Waals surface area contributed by atoms with Gasteiger partial charge in [0, 0.05) is 18.4 Å². The van der Waals surface area contributed by atoms with Gasteiger partial charge in [0.1, 0.15) is 24.0 Å². The molecule has 11 nitrogen and oxygen atoms in total. The largest absolute Gasteiger partial charge is 0.339 e. The zero-order valence-corrected chi connectivity index (χ0v) is 21.5. The molecular formula is C23H36N5O6P. The predicted octanol–water partition coefficient (Wildman–Crippen LogP) is 2.03. The summed E-state index contributed by atoms with van der Waals surface area (Å²) in [5.74, 6) is -1.26. The van der Waals surface area contributed by atoms with Crippen LogP contribution < -0.4 is 10.6 Å². The molecule has 1 unspecified atom stereocenters. The predicted molar refractivity (Wildman–Crippen MR) is 128 cm³/mol. The van der Waals surface area contributed by atoms with Crippen molar-refractivity contribution in [3.63, 3.8) is 0 Å². The van der Waals surface area contributed by atoms with E-state index in [9.17, 15) is 23.8 Å². The van der Waals surface area contributed by atoms with E-state index in [0.717, 1.165) is 25.7 Å². The van der Waals surface area contributed by atoms with E-state index < -0.39 is 38.4 Å². The average Bonchev–Trinajstić information content (AvgIpc) is 3.22. The highest BCUT2D eigenvalue weighted by Crippen LogP contribution is 2.40. The van der Waals surface area contributed by atoms with E-state index in [1.54, 1.807) is 4.90 Å². The second-order valence-corrected chi connectivity index (χ2v) is 10.3. The first-order valence-corrected chi connectivity index (χ1v) is 13.6. The molecule has 35 heavy (non-hydrogen) atoms. The maximum absolute atomic E-state index is 13.9. The summed E-state index contributed by atoms with van der Waals surface area (Å²) in [6, 6.07) is -1.68. The summed E-state index contributed by atoms with van der Waals surface area (Å²) < 4.78 is 16.3. The van der Waals surface area contributed by atoms with Crippen molar-refractivity contribution in [1.82, 2.24) is 25.5 Å². The van der Waals surface area contributed by atoms with Crippen LogP contribution in [0.1, 0.15) is 76.2 Å². The molecule has 1 saturated carbocycles. The molecule has 1 aromatic heterocycles. The number of carbonyl (C=O) groups excluding carboxylic acids is 3. The van der Waals surface area contributed by atoms with Gasteiger partial charge in [-0.1, -0.05) is 40.0 Å². The Hall–Kier alpha value is -2.36. The van der Waals surface area contributed by atoms with E-state index in [0.29, 0.717) is 19.3 Å². The zero-order chi connectivity index (χ0) is 25.5. The van der Waals surface area contributed by atoms with Gasteiger partial charge in [-0.3, -0.25) is 28.5 Å². The molecule has 12 heteroatoms. The van der Waals surface area contributed by atoms with Crippen molar-refractivity contribution >= 4 is 26.0 Å². The van der Waals surface area contributed by atoms with Crippen molar-refractivity contribution in [2.75, 3.05) is 0 Å². The number of nitrogens with one attached hydrogen (secondary N) is 2. The number of nitrogens with zero attached hydrogens (tertiary/aromatic N) is 3. The highest BCUT2D eigenvalue weighted by molar-refractivity contribution is 7.32. The van der Waals surface area contributed by atoms with Crippen molar-refractivity contribution in [1.29, 1.82) is 0 Å². The standard InChI is InChI=1S/C23H36N5O6P/c1-4-7-19(34-35(32)33)26-22(30)18-12-15-8-5-6-9-17(15)28(18)23(31)20(14(2)3)27-21(29)16-13-24-10-11-25-16/h10-11,13-15,17-20,35H,4-9,12H2,1-3H3,(H,26,30)(H,27,29)(H,32,33)/t15-,17-,18-,19+,20-/m0/s1. The highest BCUT2D eigenvalue weighted by Gasteiger charge is 2.49. The molecule has 2 fully saturated rings. The van der Waals surface area contributed by atoms with Crippen molar-refractivity contribution in [3.05, 3.63) is 24.3 Å². The number of hydrogen-bond donors (Lipinski definition) is 3. The van der Waals surface area contributed by atoms with Crippen LogP contribution >= 0.6 is 8.25 Å². The fourth-order valence-electron chi connectivity index (χ4n) is 5.12. The molecule has 1 aromatic rings. The lowest BCUT2D eigenvalue weighted by Crippen LogP contribution is -2.58. The van der Waals surface area contributed by atoms with E-state index >= 15 is 0 Å². The number of amides is 3. The SMILES string of the molecule is CCC[C@H](NC(=O)[C@@H]1C[C@@H]2CCCC[C@@H]2N1C(=O)[C@@H](NC(=O)c1cnccn1)C(C)C)O[PH](=O)O. The van der Waals surface area contributed by atoms with Crippen LogP contribution in [-0.2, 0) is 18.7 Å². The third-order valence-corrected chi connectivity index (χ3v) is 7.24. The van der Waals surface area contributed by atoms with Gasteiger partial charge in [0.15, 0.2) is 0 Å². The van der Waals surface area contributed by atoms with Crippen molar-refractivity contribution < 1.29 is 28.4 Å². The number of likely N-dealkylation sites (tertiary alicyclic amines) is 1. The fraction of sp³-hybridized carbons (Fsp3) is 0.696. The molecule has 3 amide bonds. The van der Waals surface area contributed by atoms with Crippen molar-refractivity contribution in [2.24, 2.45) is 11.8 Å². The Labute approximate surface area is 206 Å². The lowest BCUT2D eigenvalue weighted by molar-refractivity contribution is -0.144. The van der Waals surface area contributed by atoms with E-state index in [-0.39, 0.29) is 29.5 Å². The van der Waals surface area contributed by atoms with Gasteiger partial charge in [0.25, 0.3) is 5.91 Å². The van der Waals surface area contributed by atoms with Gasteiger partial charge in [0.05, 0.1) is 6.20 Å². The minimum absolute atomic E-state index is 0.0933. The molecule has 1 aliphatic heterocycles. The third kappa shape index (κ3) is 6.86. The molecule has 0 bridgehead atoms. The molecule has 1 saturated heterocycles. The smallest absolute Gasteiger partial charge is 0.318 e. The van der Waals surface area contributed by atoms with E-state index in [4.69, 9.17) is 4.52 Å². The monoisotopic (exact) mass is 509 g/mol. The molecule has 194 valence electrons. The van der Waals surface area contributed by atoms with Crippen molar-refractivity contribution in [3.8, 4) is 0 Å². The van der Waals surface area contributed by atoms with Gasteiger partial charge >= 0.3 is 8.25 Å². The van der Waals surface area contributed by atoms with Crippen LogP contribution in [0.5, 0.6) is 0 Å². The quantitative estimate of drug-likeness (QED) is 0.320. The van der Waals surface area contributed by atoms with Crippen LogP contribution in [0, 0.1) is 11.8 Å². The molecule has 0 spiro atoms. The second kappa shape index (κ2) is 12.6. The van der Waals surface area contributed by atoms with Crippen LogP contribution in [0.15, 0.2) is 18.6 Å². The number of carbonyl (C=O) groups is 3. The Morgan fingerprint density at radius 2 is 1.97 bits per heavy atom. The normalized spacial score (nSPS) is 24.4. The van der Waals surface area contributed by atoms with Gasteiger partial charge < -0.3 is 20.4 Å². The number of aromatic nitrogens is 2. The number of rotatable bonds is 10. The van der Waals surface area contributed by atoms with E-state index in [1.165, 1.54) is 18.6 Å². The maximum Gasteiger partial charge on any atom is 0.318 e. The lowest BCUT2D eigenvalue weighted by Gasteiger charge is -2.37. The second-order valence-electron chi connectivity index (χ2n) is 9.56. The van der Waals surface area contributed by atoms with Gasteiger partial charge in [-0.25, -0.2) is 4.98 Å². The first-order chi connectivity index (χ1) is 16.7. The van der Waals surface area contributed by atoms with Gasteiger partial charge in [-0.2, -0.15) is 0 Å². The third-order valence-electron chi connectivity index (χ3n) is 6.76. The summed E-state index contributed by atoms with van der Waals surface area (Å²) in [5, 5.41) is 5.52. The molecule has 3 N–H and O–H groups in total. The molecule has 0 radical (unpaired) electrons. The molecular weight excluding hydrogens is 473 g/mol. The van der Waals surface area contributed by atoms with Crippen LogP contribution in [0.25, 0.3) is 0 Å². The molecule has 3 rings (SSSR count). The summed E-state index contributed by atoms with van der Waals surface area (Å²) >= 11 is 0. The Balaban J connectivity index is 1.83. The first kappa shape index (κ1) is 27.2. The highest BCUT2D eigenvalue weighted by atomic mass is 31.1. The van der Waals surface area contributed by atoms with Crippen LogP contribution in [0.2, 0.25) is 0 Å². The lowest BCUT2D eigenvalue weighted by atomic mass is 9.84. The van der Waals surface area contributed by atoms with Crippen LogP contribution in [-0.4, -0.2) is 61.8 Å². The molecule has 0 aromatic carbocycles. The molecule has 2 heterocycles. The van der Waals surface area contributed by atoms with Gasteiger partial charge in [-0.05, 0) is 37.5 Å². The maximum atomic E-state index is 13.9. The number of fused-ring (bicyclic) bond motifs is 1. The summed E-state index contributed by atoms with van der Waals surface area (Å²) in [7, 11) is -3.24. The van der Waals surface area contributed by atoms with E-state index in [2.05, 4.69) is 20.6 Å². The molecule has 2 aliphatic rings. The fourth-order valence-corrected chi connectivity index (χ4v) is 5.54. The number of hydrogen-bond acceptors (Lipinski definition) is 7. The minimum Gasteiger partial charge on any atom is -0.339 e. The topological polar surface area (TPSA) is 151 Å². The Bertz CT molecular complexity index is 917. The Morgan fingerprint density at radius 1 is 1.23 bits per heavy atom.